The molecule has 0 aromatic heterocycles. The third-order valence-corrected chi connectivity index (χ3v) is 8.47. The van der Waals surface area contributed by atoms with E-state index in [4.69, 9.17) is 30.6 Å². The van der Waals surface area contributed by atoms with Crippen molar-refractivity contribution < 1.29 is 104 Å². The Morgan fingerprint density at radius 2 is 0.306 bits per heavy atom. The molecule has 334 valence electrons. The second kappa shape index (κ2) is 32.4. The van der Waals surface area contributed by atoms with E-state index >= 15 is 0 Å². The van der Waals surface area contributed by atoms with Crippen molar-refractivity contribution in [1.82, 2.24) is 0 Å². The average Bonchev–Trinajstić information content (AvgIpc) is 3.20. The first-order valence-corrected chi connectivity index (χ1v) is 19.0. The Morgan fingerprint density at radius 3 is 0.371 bits per heavy atom. The quantitative estimate of drug-likeness (QED) is 0.0553. The van der Waals surface area contributed by atoms with Crippen molar-refractivity contribution in [3.63, 3.8) is 0 Å². The largest absolute Gasteiger partial charge is 0.478 e. The molecule has 0 unspecified atom stereocenters. The molecular formula is C42H36Au2O12S6. The number of aromatic carboxylic acids is 6. The molecule has 0 atom stereocenters. The summed E-state index contributed by atoms with van der Waals surface area (Å²) in [6, 6.07) is 38.0. The normalized spacial score (nSPS) is 9.00. The summed E-state index contributed by atoms with van der Waals surface area (Å²) in [7, 11) is 0. The van der Waals surface area contributed by atoms with Crippen molar-refractivity contribution in [1.29, 1.82) is 0 Å². The van der Waals surface area contributed by atoms with Gasteiger partial charge in [0.2, 0.25) is 0 Å². The van der Waals surface area contributed by atoms with Crippen LogP contribution in [0.4, 0.5) is 0 Å². The van der Waals surface area contributed by atoms with E-state index in [0.717, 1.165) is 29.4 Å². The first-order chi connectivity index (χ1) is 28.2. The van der Waals surface area contributed by atoms with E-state index < -0.39 is 35.8 Å². The fourth-order valence-corrected chi connectivity index (χ4v) is 4.52. The van der Waals surface area contributed by atoms with E-state index in [9.17, 15) is 28.8 Å². The zero-order chi connectivity index (χ0) is 45.4. The van der Waals surface area contributed by atoms with Gasteiger partial charge in [-0.2, -0.15) is 0 Å². The van der Waals surface area contributed by atoms with E-state index in [1.807, 2.05) is 0 Å². The molecule has 20 heteroatoms. The minimum absolute atomic E-state index is 0. The molecule has 0 heterocycles. The van der Waals surface area contributed by atoms with Gasteiger partial charge in [0.25, 0.3) is 0 Å². The summed E-state index contributed by atoms with van der Waals surface area (Å²) in [6.45, 7) is 0. The number of carboxylic acids is 6. The van der Waals surface area contributed by atoms with Crippen LogP contribution < -0.4 is 0 Å². The number of hydrogen-bond donors (Lipinski definition) is 12. The summed E-state index contributed by atoms with van der Waals surface area (Å²) in [5.74, 6) is -5.45. The fourth-order valence-electron chi connectivity index (χ4n) is 3.62. The van der Waals surface area contributed by atoms with Crippen LogP contribution in [0.3, 0.4) is 0 Å². The maximum atomic E-state index is 10.3. The molecule has 6 aromatic carbocycles. The average molecular weight is 1320 g/mol. The van der Waals surface area contributed by atoms with Gasteiger partial charge in [0, 0.05) is 74.1 Å². The van der Waals surface area contributed by atoms with Gasteiger partial charge in [0.05, 0.1) is 33.4 Å². The first-order valence-electron chi connectivity index (χ1n) is 16.3. The van der Waals surface area contributed by atoms with Crippen LogP contribution in [0.25, 0.3) is 0 Å². The standard InChI is InChI=1S/6C7H6O2S.2Au/c6*8-7(9)5-1-3-6(10)4-2-5;;/h6*1-4,10H,(H,8,9);;. The van der Waals surface area contributed by atoms with Crippen molar-refractivity contribution in [2.24, 2.45) is 0 Å². The zero-order valence-corrected chi connectivity index (χ0v) is 41.0. The van der Waals surface area contributed by atoms with Gasteiger partial charge in [-0.15, -0.1) is 75.8 Å². The number of benzene rings is 6. The number of carbonyl (C=O) groups is 6. The molecular weight excluding hydrogens is 1280 g/mol. The zero-order valence-electron chi connectivity index (χ0n) is 31.3. The molecule has 2 radical (unpaired) electrons. The number of carboxylic acid groups (broad SMARTS) is 6. The summed E-state index contributed by atoms with van der Waals surface area (Å²) >= 11 is 24.0. The Bertz CT molecular complexity index is 1880. The maximum absolute atomic E-state index is 10.3. The molecule has 0 fully saturated rings. The Hall–Kier alpha value is -4.28. The van der Waals surface area contributed by atoms with E-state index in [-0.39, 0.29) is 78.1 Å². The summed E-state index contributed by atoms with van der Waals surface area (Å²) in [5.41, 5.74) is 1.74. The van der Waals surface area contributed by atoms with Gasteiger partial charge in [0.15, 0.2) is 0 Å². The van der Waals surface area contributed by atoms with Crippen LogP contribution in [0, 0.1) is 0 Å². The summed E-state index contributed by atoms with van der Waals surface area (Å²) in [5, 5.41) is 50.7. The monoisotopic (exact) mass is 1320 g/mol. The fraction of sp³-hybridized carbons (Fsp3) is 0. The van der Waals surface area contributed by atoms with Crippen LogP contribution in [0.15, 0.2) is 175 Å². The Kier molecular flexibility index (Phi) is 31.3. The van der Waals surface area contributed by atoms with E-state index in [1.54, 1.807) is 72.8 Å². The molecule has 0 aliphatic rings. The van der Waals surface area contributed by atoms with Gasteiger partial charge in [-0.25, -0.2) is 28.8 Å². The topological polar surface area (TPSA) is 224 Å². The second-order valence-electron chi connectivity index (χ2n) is 11.1. The van der Waals surface area contributed by atoms with Crippen molar-refractivity contribution >= 4 is 112 Å². The van der Waals surface area contributed by atoms with Gasteiger partial charge in [0.1, 0.15) is 0 Å². The van der Waals surface area contributed by atoms with Gasteiger partial charge in [-0.3, -0.25) is 0 Å². The minimum Gasteiger partial charge on any atom is -0.478 e. The SMILES string of the molecule is O=C(O)c1ccc(S)cc1.O=C(O)c1ccc(S)cc1.O=C(O)c1ccc(S)cc1.O=C(O)c1ccc(S)cc1.O=C(O)c1ccc(S)cc1.O=C(O)c1ccc(S)cc1.[Au].[Au]. The third kappa shape index (κ3) is 26.3. The van der Waals surface area contributed by atoms with Crippen molar-refractivity contribution in [2.75, 3.05) is 0 Å². The van der Waals surface area contributed by atoms with Crippen LogP contribution in [0.5, 0.6) is 0 Å². The van der Waals surface area contributed by atoms with E-state index in [1.165, 1.54) is 72.8 Å². The molecule has 0 aliphatic heterocycles. The summed E-state index contributed by atoms with van der Waals surface area (Å²) < 4.78 is 0. The van der Waals surface area contributed by atoms with Gasteiger partial charge < -0.3 is 30.6 Å². The Morgan fingerprint density at radius 1 is 0.226 bits per heavy atom. The number of rotatable bonds is 6. The van der Waals surface area contributed by atoms with Gasteiger partial charge in [-0.1, -0.05) is 0 Å². The molecule has 0 amide bonds. The number of hydrogen-bond acceptors (Lipinski definition) is 12. The molecule has 6 aromatic rings. The number of thiol groups is 6. The molecule has 6 rings (SSSR count). The summed E-state index contributed by atoms with van der Waals surface area (Å²) in [6.07, 6.45) is 0. The predicted molar refractivity (Wildman–Crippen MR) is 244 cm³/mol. The van der Waals surface area contributed by atoms with Crippen LogP contribution in [0.1, 0.15) is 62.1 Å². The smallest absolute Gasteiger partial charge is 0.335 e. The Balaban J connectivity index is 0. The minimum atomic E-state index is -0.909. The predicted octanol–water partition coefficient (Wildman–Crippen LogP) is 10.0. The van der Waals surface area contributed by atoms with Crippen LogP contribution in [-0.2, 0) is 44.8 Å². The maximum Gasteiger partial charge on any atom is 0.335 e. The molecule has 0 aliphatic carbocycles. The van der Waals surface area contributed by atoms with Crippen LogP contribution >= 0.6 is 75.8 Å². The van der Waals surface area contributed by atoms with Crippen LogP contribution in [-0.4, -0.2) is 66.5 Å². The molecule has 0 spiro atoms. The third-order valence-electron chi connectivity index (χ3n) is 6.69. The molecule has 0 saturated heterocycles. The van der Waals surface area contributed by atoms with Crippen molar-refractivity contribution in [3.8, 4) is 0 Å². The Labute approximate surface area is 420 Å². The summed E-state index contributed by atoms with van der Waals surface area (Å²) in [4.78, 5) is 66.3. The van der Waals surface area contributed by atoms with Gasteiger partial charge in [-0.05, 0) is 146 Å². The molecule has 6 N–H and O–H groups in total. The molecule has 0 bridgehead atoms. The molecule has 0 saturated carbocycles. The van der Waals surface area contributed by atoms with Gasteiger partial charge >= 0.3 is 35.8 Å². The molecule has 12 nitrogen and oxygen atoms in total. The van der Waals surface area contributed by atoms with Crippen molar-refractivity contribution in [2.45, 2.75) is 29.4 Å². The van der Waals surface area contributed by atoms with Crippen LogP contribution in [0.2, 0.25) is 0 Å². The first kappa shape index (κ1) is 59.8. The van der Waals surface area contributed by atoms with Crippen molar-refractivity contribution in [3.05, 3.63) is 179 Å². The molecule has 62 heavy (non-hydrogen) atoms. The second-order valence-corrected chi connectivity index (χ2v) is 14.2. The van der Waals surface area contributed by atoms with E-state index in [0.29, 0.717) is 0 Å². The van der Waals surface area contributed by atoms with E-state index in [2.05, 4.69) is 75.8 Å².